The first-order valence-electron chi connectivity index (χ1n) is 7.09. The number of aliphatic hydroxyl groups is 2. The third kappa shape index (κ3) is 3.59. The third-order valence-electron chi connectivity index (χ3n) is 3.64. The third-order valence-corrected chi connectivity index (χ3v) is 3.64. The summed E-state index contributed by atoms with van der Waals surface area (Å²) < 4.78 is 10.5. The number of benzene rings is 1. The van der Waals surface area contributed by atoms with E-state index in [-0.39, 0.29) is 12.2 Å². The van der Waals surface area contributed by atoms with Crippen LogP contribution in [-0.2, 0) is 9.47 Å². The van der Waals surface area contributed by atoms with Gasteiger partial charge in [0.25, 0.3) is 0 Å². The van der Waals surface area contributed by atoms with Crippen molar-refractivity contribution < 1.29 is 24.5 Å². The van der Waals surface area contributed by atoms with E-state index in [1.807, 2.05) is 12.1 Å². The summed E-state index contributed by atoms with van der Waals surface area (Å²) in [5.41, 5.74) is 1.17. The number of aliphatic hydroxyl groups excluding tert-OH is 2. The SMILES string of the molecule is O=C(c1ccccc1N(CC1CO1)CC1CO1)C(O)CO. The van der Waals surface area contributed by atoms with Crippen LogP contribution in [-0.4, -0.2) is 67.2 Å². The fourth-order valence-electron chi connectivity index (χ4n) is 2.33. The second-order valence-electron chi connectivity index (χ2n) is 5.40. The largest absolute Gasteiger partial charge is 0.393 e. The van der Waals surface area contributed by atoms with Crippen molar-refractivity contribution >= 4 is 11.5 Å². The highest BCUT2D eigenvalue weighted by Gasteiger charge is 2.32. The molecule has 2 fully saturated rings. The van der Waals surface area contributed by atoms with Gasteiger partial charge in [0.2, 0.25) is 0 Å². The van der Waals surface area contributed by atoms with Crippen LogP contribution in [0.1, 0.15) is 10.4 Å². The van der Waals surface area contributed by atoms with Crippen LogP contribution in [0.4, 0.5) is 5.69 Å². The fraction of sp³-hybridized carbons (Fsp3) is 0.533. The maximum atomic E-state index is 12.2. The van der Waals surface area contributed by atoms with Crippen molar-refractivity contribution in [2.75, 3.05) is 37.8 Å². The van der Waals surface area contributed by atoms with Crippen molar-refractivity contribution in [1.29, 1.82) is 0 Å². The zero-order valence-electron chi connectivity index (χ0n) is 11.6. The maximum Gasteiger partial charge on any atom is 0.195 e. The molecule has 114 valence electrons. The number of ether oxygens (including phenoxy) is 2. The summed E-state index contributed by atoms with van der Waals surface area (Å²) in [7, 11) is 0. The molecule has 3 rings (SSSR count). The highest BCUT2D eigenvalue weighted by Crippen LogP contribution is 2.26. The first-order valence-corrected chi connectivity index (χ1v) is 7.09. The Bertz CT molecular complexity index is 499. The lowest BCUT2D eigenvalue weighted by Gasteiger charge is -2.26. The summed E-state index contributed by atoms with van der Waals surface area (Å²) >= 11 is 0. The maximum absolute atomic E-state index is 12.2. The van der Waals surface area contributed by atoms with Gasteiger partial charge in [0.05, 0.1) is 32.0 Å². The normalized spacial score (nSPS) is 24.5. The minimum atomic E-state index is -1.39. The van der Waals surface area contributed by atoms with E-state index in [1.165, 1.54) is 0 Å². The van der Waals surface area contributed by atoms with E-state index >= 15 is 0 Å². The van der Waals surface area contributed by atoms with Crippen LogP contribution in [0, 0.1) is 0 Å². The van der Waals surface area contributed by atoms with Crippen LogP contribution >= 0.6 is 0 Å². The number of hydrogen-bond donors (Lipinski definition) is 2. The molecule has 2 aliphatic rings. The second-order valence-corrected chi connectivity index (χ2v) is 5.40. The van der Waals surface area contributed by atoms with Crippen LogP contribution in [0.5, 0.6) is 0 Å². The zero-order valence-corrected chi connectivity index (χ0v) is 11.6. The average Bonchev–Trinajstić information content (AvgIpc) is 3.41. The van der Waals surface area contributed by atoms with E-state index in [9.17, 15) is 9.90 Å². The van der Waals surface area contributed by atoms with Crippen LogP contribution in [0.2, 0.25) is 0 Å². The Labute approximate surface area is 122 Å². The molecule has 0 aliphatic carbocycles. The first kappa shape index (κ1) is 14.5. The second kappa shape index (κ2) is 6.11. The lowest BCUT2D eigenvalue weighted by atomic mass is 10.0. The Hall–Kier alpha value is -1.47. The summed E-state index contributed by atoms with van der Waals surface area (Å²) in [6, 6.07) is 7.12. The van der Waals surface area contributed by atoms with Crippen molar-refractivity contribution in [3.05, 3.63) is 29.8 Å². The molecule has 2 saturated heterocycles. The molecule has 0 bridgehead atoms. The molecule has 21 heavy (non-hydrogen) atoms. The van der Waals surface area contributed by atoms with Gasteiger partial charge >= 0.3 is 0 Å². The number of carbonyl (C=O) groups is 1. The number of para-hydroxylation sites is 1. The van der Waals surface area contributed by atoms with Gasteiger partial charge < -0.3 is 24.6 Å². The number of Topliss-reactive ketones (excluding diaryl/α,β-unsaturated/α-hetero) is 1. The predicted molar refractivity (Wildman–Crippen MR) is 75.6 cm³/mol. The predicted octanol–water partition coefficient (Wildman–Crippen LogP) is -0.173. The summed E-state index contributed by atoms with van der Waals surface area (Å²) in [4.78, 5) is 14.3. The van der Waals surface area contributed by atoms with Gasteiger partial charge in [0.1, 0.15) is 6.10 Å². The first-order chi connectivity index (χ1) is 10.2. The average molecular weight is 293 g/mol. The Morgan fingerprint density at radius 3 is 2.33 bits per heavy atom. The van der Waals surface area contributed by atoms with Gasteiger partial charge in [0, 0.05) is 24.3 Å². The molecule has 6 nitrogen and oxygen atoms in total. The molecule has 0 radical (unpaired) electrons. The van der Waals surface area contributed by atoms with Gasteiger partial charge in [0.15, 0.2) is 5.78 Å². The Morgan fingerprint density at radius 2 is 1.81 bits per heavy atom. The van der Waals surface area contributed by atoms with E-state index in [4.69, 9.17) is 14.6 Å². The topological polar surface area (TPSA) is 85.8 Å². The standard InChI is InChI=1S/C15H19NO5/c17-7-14(18)15(19)12-3-1-2-4-13(12)16(5-10-8-20-10)6-11-9-21-11/h1-4,10-11,14,17-18H,5-9H2. The minimum absolute atomic E-state index is 0.190. The van der Waals surface area contributed by atoms with E-state index in [1.54, 1.807) is 12.1 Å². The molecule has 3 unspecified atom stereocenters. The van der Waals surface area contributed by atoms with Crippen molar-refractivity contribution in [2.24, 2.45) is 0 Å². The van der Waals surface area contributed by atoms with E-state index < -0.39 is 18.5 Å². The molecule has 0 saturated carbocycles. The number of hydrogen-bond acceptors (Lipinski definition) is 6. The smallest absolute Gasteiger partial charge is 0.195 e. The summed E-state index contributed by atoms with van der Waals surface area (Å²) in [5, 5.41) is 18.6. The molecule has 3 atom stereocenters. The lowest BCUT2D eigenvalue weighted by molar-refractivity contribution is 0.0588. The lowest BCUT2D eigenvalue weighted by Crippen LogP contribution is -2.34. The molecule has 0 spiro atoms. The highest BCUT2D eigenvalue weighted by molar-refractivity contribution is 6.04. The molecule has 1 aromatic rings. The van der Waals surface area contributed by atoms with Crippen LogP contribution in [0.15, 0.2) is 24.3 Å². The van der Waals surface area contributed by atoms with E-state index in [0.717, 1.165) is 18.9 Å². The quantitative estimate of drug-likeness (QED) is 0.511. The zero-order chi connectivity index (χ0) is 14.8. The van der Waals surface area contributed by atoms with E-state index in [2.05, 4.69) is 4.90 Å². The number of carbonyl (C=O) groups excluding carboxylic acids is 1. The minimum Gasteiger partial charge on any atom is -0.393 e. The van der Waals surface area contributed by atoms with Crippen LogP contribution < -0.4 is 4.90 Å². The van der Waals surface area contributed by atoms with Crippen molar-refractivity contribution in [3.8, 4) is 0 Å². The van der Waals surface area contributed by atoms with Crippen molar-refractivity contribution in [1.82, 2.24) is 0 Å². The summed E-state index contributed by atoms with van der Waals surface area (Å²) in [6.07, 6.45) is -1.01. The Kier molecular flexibility index (Phi) is 4.21. The molecule has 0 aromatic heterocycles. The van der Waals surface area contributed by atoms with Crippen LogP contribution in [0.25, 0.3) is 0 Å². The fourth-order valence-corrected chi connectivity index (χ4v) is 2.33. The highest BCUT2D eigenvalue weighted by atomic mass is 16.6. The molecular weight excluding hydrogens is 274 g/mol. The molecule has 2 aliphatic heterocycles. The van der Waals surface area contributed by atoms with Gasteiger partial charge in [-0.05, 0) is 12.1 Å². The van der Waals surface area contributed by atoms with Gasteiger partial charge in [-0.1, -0.05) is 12.1 Å². The molecule has 0 amide bonds. The van der Waals surface area contributed by atoms with Gasteiger partial charge in [-0.2, -0.15) is 0 Å². The van der Waals surface area contributed by atoms with Crippen molar-refractivity contribution in [3.63, 3.8) is 0 Å². The monoisotopic (exact) mass is 293 g/mol. The van der Waals surface area contributed by atoms with Crippen LogP contribution in [0.3, 0.4) is 0 Å². The van der Waals surface area contributed by atoms with Gasteiger partial charge in [-0.25, -0.2) is 0 Å². The Morgan fingerprint density at radius 1 is 1.24 bits per heavy atom. The van der Waals surface area contributed by atoms with Gasteiger partial charge in [-0.15, -0.1) is 0 Å². The van der Waals surface area contributed by atoms with Crippen molar-refractivity contribution in [2.45, 2.75) is 18.3 Å². The number of rotatable bonds is 8. The Balaban J connectivity index is 1.84. The molecule has 2 heterocycles. The molecular formula is C15H19NO5. The molecule has 2 N–H and O–H groups in total. The number of ketones is 1. The van der Waals surface area contributed by atoms with E-state index in [0.29, 0.717) is 18.7 Å². The molecule has 6 heteroatoms. The summed E-state index contributed by atoms with van der Waals surface area (Å²) in [6.45, 7) is 2.28. The number of nitrogens with zero attached hydrogens (tertiary/aromatic N) is 1. The number of anilines is 1. The summed E-state index contributed by atoms with van der Waals surface area (Å²) in [5.74, 6) is -0.466. The van der Waals surface area contributed by atoms with Gasteiger partial charge in [-0.3, -0.25) is 4.79 Å². The molecule has 1 aromatic carbocycles. The number of epoxide rings is 2.